The van der Waals surface area contributed by atoms with Crippen LogP contribution in [0.5, 0.6) is 0 Å². The van der Waals surface area contributed by atoms with Gasteiger partial charge in [-0.2, -0.15) is 0 Å². The first kappa shape index (κ1) is 9.73. The smallest absolute Gasteiger partial charge is 0.125 e. The average Bonchev–Trinajstić information content (AvgIpc) is 2.18. The minimum Gasteiger partial charge on any atom is -0.234 e. The van der Waals surface area contributed by atoms with Crippen LogP contribution in [0, 0.1) is 0 Å². The lowest BCUT2D eigenvalue weighted by Crippen LogP contribution is -2.16. The van der Waals surface area contributed by atoms with E-state index in [1.54, 1.807) is 17.8 Å². The maximum absolute atomic E-state index is 10.4. The second kappa shape index (κ2) is 4.04. The Labute approximate surface area is 79.4 Å². The highest BCUT2D eigenvalue weighted by molar-refractivity contribution is 6.25. The quantitative estimate of drug-likeness (QED) is 0.423. The number of alkyl halides is 1. The van der Waals surface area contributed by atoms with Crippen molar-refractivity contribution in [3.05, 3.63) is 16.7 Å². The number of allylic oxidation sites excluding steroid dienone is 3. The van der Waals surface area contributed by atoms with Crippen molar-refractivity contribution < 1.29 is 14.4 Å². The van der Waals surface area contributed by atoms with E-state index in [1.807, 2.05) is 0 Å². The molecule has 1 aliphatic rings. The molecule has 66 valence electrons. The molecule has 0 heterocycles. The fourth-order valence-corrected chi connectivity index (χ4v) is 1.40. The van der Waals surface area contributed by atoms with Gasteiger partial charge in [0, 0.05) is 29.6 Å². The van der Waals surface area contributed by atoms with Crippen LogP contribution in [0.1, 0.15) is 12.8 Å². The summed E-state index contributed by atoms with van der Waals surface area (Å²) in [5.41, 5.74) is 0.739. The van der Waals surface area contributed by atoms with Crippen LogP contribution >= 0.6 is 11.6 Å². The van der Waals surface area contributed by atoms with Gasteiger partial charge in [-0.1, -0.05) is 0 Å². The third-order valence-electron chi connectivity index (χ3n) is 1.83. The number of hydrogen-bond donors (Lipinski definition) is 0. The summed E-state index contributed by atoms with van der Waals surface area (Å²) in [5, 5.41) is -0.757. The van der Waals surface area contributed by atoms with Gasteiger partial charge in [0.05, 0.1) is 5.38 Å². The van der Waals surface area contributed by atoms with Gasteiger partial charge in [0.1, 0.15) is 17.8 Å². The van der Waals surface area contributed by atoms with E-state index in [0.717, 1.165) is 0 Å². The van der Waals surface area contributed by atoms with Crippen LogP contribution in [-0.2, 0) is 14.4 Å². The molecule has 0 N–H and O–H groups in total. The summed E-state index contributed by atoms with van der Waals surface area (Å²) in [6.45, 7) is 0. The summed E-state index contributed by atoms with van der Waals surface area (Å²) in [7, 11) is 0. The second-order valence-electron chi connectivity index (χ2n) is 2.68. The zero-order valence-electron chi connectivity index (χ0n) is 6.59. The molecule has 0 spiro atoms. The summed E-state index contributed by atoms with van der Waals surface area (Å²) in [4.78, 5) is 31.0. The number of halogens is 1. The summed E-state index contributed by atoms with van der Waals surface area (Å²) in [5.74, 6) is 4.90. The normalized spacial score (nSPS) is 21.9. The Kier molecular flexibility index (Phi) is 3.02. The van der Waals surface area contributed by atoms with Crippen molar-refractivity contribution in [3.63, 3.8) is 0 Å². The van der Waals surface area contributed by atoms with Crippen LogP contribution in [0.4, 0.5) is 0 Å². The SMILES string of the molecule is O=C=C1CC(=C=O)C(Cl)C(=C=O)C1. The van der Waals surface area contributed by atoms with Crippen LogP contribution in [0.3, 0.4) is 0 Å². The molecule has 0 amide bonds. The Morgan fingerprint density at radius 3 is 1.77 bits per heavy atom. The molecule has 1 fully saturated rings. The van der Waals surface area contributed by atoms with Gasteiger partial charge in [0.2, 0.25) is 0 Å². The predicted octanol–water partition coefficient (Wildman–Crippen LogP) is 0.662. The van der Waals surface area contributed by atoms with Crippen LogP contribution < -0.4 is 0 Å². The second-order valence-corrected chi connectivity index (χ2v) is 3.11. The maximum atomic E-state index is 10.4. The standard InChI is InChI=1S/C9H5ClO3/c10-9-7(4-12)1-6(3-11)2-8(9)5-13/h9H,1-2H2. The van der Waals surface area contributed by atoms with Crippen LogP contribution in [0.25, 0.3) is 0 Å². The topological polar surface area (TPSA) is 51.2 Å². The molecular formula is C9H5ClO3. The summed E-state index contributed by atoms with van der Waals surface area (Å²) >= 11 is 5.73. The van der Waals surface area contributed by atoms with Crippen LogP contribution in [0.15, 0.2) is 16.7 Å². The van der Waals surface area contributed by atoms with Crippen molar-refractivity contribution in [1.29, 1.82) is 0 Å². The minimum absolute atomic E-state index is 0.159. The molecule has 0 unspecified atom stereocenters. The fourth-order valence-electron chi connectivity index (χ4n) is 1.16. The first-order valence-electron chi connectivity index (χ1n) is 3.57. The lowest BCUT2D eigenvalue weighted by Gasteiger charge is -2.18. The zero-order chi connectivity index (χ0) is 9.84. The van der Waals surface area contributed by atoms with Gasteiger partial charge >= 0.3 is 0 Å². The third kappa shape index (κ3) is 1.86. The van der Waals surface area contributed by atoms with Gasteiger partial charge in [-0.05, 0) is 0 Å². The Hall–Kier alpha value is -1.36. The number of carbonyl (C=O) groups excluding carboxylic acids is 3. The Morgan fingerprint density at radius 2 is 1.46 bits per heavy atom. The Bertz CT molecular complexity index is 348. The van der Waals surface area contributed by atoms with Gasteiger partial charge in [-0.25, -0.2) is 14.4 Å². The summed E-state index contributed by atoms with van der Waals surface area (Å²) in [6, 6.07) is 0. The zero-order valence-corrected chi connectivity index (χ0v) is 7.35. The molecule has 1 rings (SSSR count). The van der Waals surface area contributed by atoms with E-state index in [1.165, 1.54) is 0 Å². The molecular weight excluding hydrogens is 192 g/mol. The number of hydrogen-bond acceptors (Lipinski definition) is 3. The van der Waals surface area contributed by atoms with Gasteiger partial charge < -0.3 is 0 Å². The van der Waals surface area contributed by atoms with Crippen molar-refractivity contribution >= 4 is 29.4 Å². The highest BCUT2D eigenvalue weighted by Crippen LogP contribution is 2.31. The Morgan fingerprint density at radius 1 is 1.00 bits per heavy atom. The average molecular weight is 197 g/mol. The molecule has 0 aromatic heterocycles. The first-order valence-corrected chi connectivity index (χ1v) is 4.01. The Balaban J connectivity index is 3.15. The molecule has 3 nitrogen and oxygen atoms in total. The highest BCUT2D eigenvalue weighted by Gasteiger charge is 2.27. The molecule has 0 saturated heterocycles. The third-order valence-corrected chi connectivity index (χ3v) is 2.35. The van der Waals surface area contributed by atoms with Crippen molar-refractivity contribution in [1.82, 2.24) is 0 Å². The molecule has 0 aromatic rings. The molecule has 1 saturated carbocycles. The summed E-state index contributed by atoms with van der Waals surface area (Å²) in [6.07, 6.45) is 0.318. The maximum Gasteiger partial charge on any atom is 0.125 e. The van der Waals surface area contributed by atoms with Gasteiger partial charge in [-0.3, -0.25) is 0 Å². The molecule has 1 aliphatic carbocycles. The minimum atomic E-state index is -0.757. The molecule has 0 aromatic carbocycles. The van der Waals surface area contributed by atoms with E-state index < -0.39 is 5.38 Å². The number of rotatable bonds is 0. The molecule has 4 heteroatoms. The highest BCUT2D eigenvalue weighted by atomic mass is 35.5. The molecule has 0 radical (unpaired) electrons. The van der Waals surface area contributed by atoms with Gasteiger partial charge in [-0.15, -0.1) is 11.6 Å². The van der Waals surface area contributed by atoms with Crippen molar-refractivity contribution in [2.24, 2.45) is 0 Å². The van der Waals surface area contributed by atoms with E-state index >= 15 is 0 Å². The van der Waals surface area contributed by atoms with E-state index in [-0.39, 0.29) is 24.0 Å². The lowest BCUT2D eigenvalue weighted by atomic mass is 9.88. The summed E-state index contributed by atoms with van der Waals surface area (Å²) < 4.78 is 0. The molecule has 0 atom stereocenters. The van der Waals surface area contributed by atoms with E-state index in [4.69, 9.17) is 11.6 Å². The predicted molar refractivity (Wildman–Crippen MR) is 46.5 cm³/mol. The van der Waals surface area contributed by atoms with Crippen molar-refractivity contribution in [2.75, 3.05) is 0 Å². The van der Waals surface area contributed by atoms with Crippen LogP contribution in [-0.4, -0.2) is 23.2 Å². The van der Waals surface area contributed by atoms with Gasteiger partial charge in [0.15, 0.2) is 0 Å². The van der Waals surface area contributed by atoms with E-state index in [0.29, 0.717) is 5.57 Å². The van der Waals surface area contributed by atoms with Crippen molar-refractivity contribution in [3.8, 4) is 0 Å². The van der Waals surface area contributed by atoms with E-state index in [9.17, 15) is 14.4 Å². The largest absolute Gasteiger partial charge is 0.234 e. The lowest BCUT2D eigenvalue weighted by molar-refractivity contribution is 0.560. The van der Waals surface area contributed by atoms with E-state index in [2.05, 4.69) is 0 Å². The fraction of sp³-hybridized carbons (Fsp3) is 0.333. The monoisotopic (exact) mass is 196 g/mol. The van der Waals surface area contributed by atoms with Gasteiger partial charge in [0.25, 0.3) is 0 Å². The molecule has 0 aliphatic heterocycles. The van der Waals surface area contributed by atoms with Crippen molar-refractivity contribution in [2.45, 2.75) is 18.2 Å². The van der Waals surface area contributed by atoms with Crippen LogP contribution in [0.2, 0.25) is 0 Å². The molecule has 0 bridgehead atoms. The first-order chi connectivity index (χ1) is 6.22. The molecule has 13 heavy (non-hydrogen) atoms.